The highest BCUT2D eigenvalue weighted by Gasteiger charge is 2.67. The van der Waals surface area contributed by atoms with Crippen molar-refractivity contribution in [1.82, 2.24) is 0 Å². The van der Waals surface area contributed by atoms with Gasteiger partial charge in [0.1, 0.15) is 5.60 Å². The molecule has 0 bridgehead atoms. The minimum atomic E-state index is -0.424. The average Bonchev–Trinajstić information content (AvgIpc) is 3.09. The molecule has 3 nitrogen and oxygen atoms in total. The molecular weight excluding hydrogens is 468 g/mol. The van der Waals surface area contributed by atoms with E-state index in [0.717, 1.165) is 19.3 Å². The second kappa shape index (κ2) is 9.47. The monoisotopic (exact) mass is 526 g/mol. The van der Waals surface area contributed by atoms with E-state index in [0.29, 0.717) is 41.3 Å². The maximum absolute atomic E-state index is 13.9. The molecular formula is C35H58O3. The molecule has 0 aromatic heterocycles. The number of carbonyl (C=O) groups excluding carboxylic acids is 2. The summed E-state index contributed by atoms with van der Waals surface area (Å²) in [6, 6.07) is 0. The van der Waals surface area contributed by atoms with Gasteiger partial charge in [-0.25, -0.2) is 0 Å². The van der Waals surface area contributed by atoms with Crippen molar-refractivity contribution in [1.29, 1.82) is 0 Å². The Hall–Kier alpha value is -1.12. The number of ketones is 1. The summed E-state index contributed by atoms with van der Waals surface area (Å²) in [5.74, 6) is 3.94. The van der Waals surface area contributed by atoms with E-state index in [9.17, 15) is 9.59 Å². The molecule has 1 unspecified atom stereocenters. The number of rotatable bonds is 6. The van der Waals surface area contributed by atoms with Crippen LogP contribution in [-0.2, 0) is 14.3 Å². The van der Waals surface area contributed by atoms with Gasteiger partial charge in [-0.1, -0.05) is 67.9 Å². The van der Waals surface area contributed by atoms with Gasteiger partial charge in [-0.2, -0.15) is 0 Å². The molecule has 0 aromatic carbocycles. The summed E-state index contributed by atoms with van der Waals surface area (Å²) >= 11 is 0. The van der Waals surface area contributed by atoms with Crippen molar-refractivity contribution in [2.75, 3.05) is 0 Å². The molecule has 3 saturated carbocycles. The van der Waals surface area contributed by atoms with Crippen molar-refractivity contribution in [3.05, 3.63) is 11.6 Å². The maximum Gasteiger partial charge on any atom is 0.303 e. The summed E-state index contributed by atoms with van der Waals surface area (Å²) in [5, 5.41) is 0. The SMILES string of the molecule is CC(=O)OC(C)(C)CC[C@@H](C)C(C)(C)[C@H]1CC[C@@]2(C)C3=CC(=O)[C@@H]4C[C@@H](C)[C@@H](C)[C@@H](C)[C@]4(C)C3CC[C@]12C. The molecule has 0 heterocycles. The molecule has 216 valence electrons. The number of hydrogen-bond donors (Lipinski definition) is 0. The third-order valence-corrected chi connectivity index (χ3v) is 14.1. The van der Waals surface area contributed by atoms with Gasteiger partial charge in [0.2, 0.25) is 0 Å². The number of fused-ring (bicyclic) bond motifs is 5. The van der Waals surface area contributed by atoms with E-state index >= 15 is 0 Å². The second-order valence-electron chi connectivity index (χ2n) is 16.3. The molecule has 0 N–H and O–H groups in total. The Morgan fingerprint density at radius 1 is 1.05 bits per heavy atom. The number of hydrogen-bond acceptors (Lipinski definition) is 3. The predicted molar refractivity (Wildman–Crippen MR) is 156 cm³/mol. The van der Waals surface area contributed by atoms with Crippen molar-refractivity contribution in [2.24, 2.45) is 63.1 Å². The number of allylic oxidation sites excluding steroid dienone is 2. The van der Waals surface area contributed by atoms with Gasteiger partial charge in [0.15, 0.2) is 5.78 Å². The summed E-state index contributed by atoms with van der Waals surface area (Å²) in [6.07, 6.45) is 10.1. The van der Waals surface area contributed by atoms with Crippen molar-refractivity contribution >= 4 is 11.8 Å². The normalized spacial score (nSPS) is 44.0. The standard InChI is InChI=1S/C35H58O3/c1-21-19-28-29(37)20-27-26(35(28,12)24(4)23(21)3)14-17-34(11)30(15-18-33(27,34)10)32(8,9)22(2)13-16-31(6,7)38-25(5)36/h20-24,26,28,30H,13-19H2,1-12H3/t21-,22-,23-,24-,26?,28+,30-,33+,34-,35-/m1/s1. The first-order chi connectivity index (χ1) is 17.3. The van der Waals surface area contributed by atoms with E-state index in [1.807, 2.05) is 13.8 Å². The van der Waals surface area contributed by atoms with Crippen molar-refractivity contribution in [3.8, 4) is 0 Å². The minimum absolute atomic E-state index is 0.0840. The van der Waals surface area contributed by atoms with Gasteiger partial charge in [0.25, 0.3) is 0 Å². The lowest BCUT2D eigenvalue weighted by molar-refractivity contribution is -0.154. The third-order valence-electron chi connectivity index (χ3n) is 14.1. The van der Waals surface area contributed by atoms with E-state index in [-0.39, 0.29) is 33.5 Å². The van der Waals surface area contributed by atoms with E-state index in [2.05, 4.69) is 68.4 Å². The molecule has 0 radical (unpaired) electrons. The fraction of sp³-hybridized carbons (Fsp3) is 0.886. The molecule has 0 spiro atoms. The van der Waals surface area contributed by atoms with Gasteiger partial charge < -0.3 is 4.74 Å². The average molecular weight is 527 g/mol. The topological polar surface area (TPSA) is 43.4 Å². The van der Waals surface area contributed by atoms with Gasteiger partial charge in [-0.05, 0) is 122 Å². The van der Waals surface area contributed by atoms with Gasteiger partial charge in [0, 0.05) is 12.8 Å². The zero-order chi connectivity index (χ0) is 28.6. The lowest BCUT2D eigenvalue weighted by Gasteiger charge is -2.64. The Labute approximate surface area is 234 Å². The van der Waals surface area contributed by atoms with E-state index in [4.69, 9.17) is 4.74 Å². The molecule has 3 heteroatoms. The van der Waals surface area contributed by atoms with Crippen LogP contribution in [0.3, 0.4) is 0 Å². The highest BCUT2D eigenvalue weighted by molar-refractivity contribution is 5.94. The van der Waals surface area contributed by atoms with Crippen LogP contribution in [-0.4, -0.2) is 17.4 Å². The van der Waals surface area contributed by atoms with Crippen LogP contribution in [0.15, 0.2) is 11.6 Å². The predicted octanol–water partition coefficient (Wildman–Crippen LogP) is 9.05. The lowest BCUT2D eigenvalue weighted by atomic mass is 9.40. The van der Waals surface area contributed by atoms with Crippen molar-refractivity contribution < 1.29 is 14.3 Å². The fourth-order valence-electron chi connectivity index (χ4n) is 10.6. The van der Waals surface area contributed by atoms with Crippen molar-refractivity contribution in [3.63, 3.8) is 0 Å². The highest BCUT2D eigenvalue weighted by Crippen LogP contribution is 2.74. The molecule has 0 amide bonds. The number of esters is 1. The number of carbonyl (C=O) groups is 2. The van der Waals surface area contributed by atoms with Crippen LogP contribution in [0.4, 0.5) is 0 Å². The summed E-state index contributed by atoms with van der Waals surface area (Å²) in [6.45, 7) is 27.9. The van der Waals surface area contributed by atoms with Crippen LogP contribution < -0.4 is 0 Å². The van der Waals surface area contributed by atoms with E-state index < -0.39 is 5.60 Å². The van der Waals surface area contributed by atoms with Gasteiger partial charge in [-0.15, -0.1) is 0 Å². The zero-order valence-corrected chi connectivity index (χ0v) is 26.8. The van der Waals surface area contributed by atoms with Crippen LogP contribution in [0, 0.1) is 63.1 Å². The Morgan fingerprint density at radius 2 is 1.68 bits per heavy atom. The third kappa shape index (κ3) is 4.27. The highest BCUT2D eigenvalue weighted by atomic mass is 16.6. The van der Waals surface area contributed by atoms with Gasteiger partial charge >= 0.3 is 5.97 Å². The first kappa shape index (κ1) is 29.9. The van der Waals surface area contributed by atoms with E-state index in [1.54, 1.807) is 0 Å². The van der Waals surface area contributed by atoms with E-state index in [1.165, 1.54) is 38.2 Å². The van der Waals surface area contributed by atoms with Gasteiger partial charge in [-0.3, -0.25) is 9.59 Å². The summed E-state index contributed by atoms with van der Waals surface area (Å²) in [4.78, 5) is 25.4. The van der Waals surface area contributed by atoms with Crippen LogP contribution in [0.5, 0.6) is 0 Å². The minimum Gasteiger partial charge on any atom is -0.460 e. The van der Waals surface area contributed by atoms with Gasteiger partial charge in [0.05, 0.1) is 0 Å². The first-order valence-electron chi connectivity index (χ1n) is 15.8. The maximum atomic E-state index is 13.9. The molecule has 0 aromatic rings. The molecule has 0 aliphatic heterocycles. The summed E-state index contributed by atoms with van der Waals surface area (Å²) in [5.41, 5.74) is 1.63. The molecule has 3 fully saturated rings. The Balaban J connectivity index is 1.63. The Kier molecular flexibility index (Phi) is 7.44. The number of ether oxygens (including phenoxy) is 1. The lowest BCUT2D eigenvalue weighted by Crippen LogP contribution is -2.59. The molecule has 4 aliphatic carbocycles. The Bertz CT molecular complexity index is 989. The summed E-state index contributed by atoms with van der Waals surface area (Å²) < 4.78 is 5.61. The largest absolute Gasteiger partial charge is 0.460 e. The first-order valence-corrected chi connectivity index (χ1v) is 15.8. The molecule has 0 saturated heterocycles. The van der Waals surface area contributed by atoms with Crippen LogP contribution >= 0.6 is 0 Å². The smallest absolute Gasteiger partial charge is 0.303 e. The second-order valence-corrected chi connectivity index (χ2v) is 16.3. The molecule has 38 heavy (non-hydrogen) atoms. The molecule has 4 aliphatic rings. The fourth-order valence-corrected chi connectivity index (χ4v) is 10.6. The quantitative estimate of drug-likeness (QED) is 0.324. The zero-order valence-electron chi connectivity index (χ0n) is 26.8. The molecule has 4 rings (SSSR count). The van der Waals surface area contributed by atoms with Crippen LogP contribution in [0.2, 0.25) is 0 Å². The van der Waals surface area contributed by atoms with Crippen LogP contribution in [0.25, 0.3) is 0 Å². The summed E-state index contributed by atoms with van der Waals surface area (Å²) in [7, 11) is 0. The van der Waals surface area contributed by atoms with Crippen LogP contribution in [0.1, 0.15) is 128 Å². The van der Waals surface area contributed by atoms with Crippen molar-refractivity contribution in [2.45, 2.75) is 134 Å². The Morgan fingerprint density at radius 3 is 2.29 bits per heavy atom. The molecule has 10 atom stereocenters.